The van der Waals surface area contributed by atoms with Crippen molar-refractivity contribution < 1.29 is 14.7 Å². The quantitative estimate of drug-likeness (QED) is 0.839. The smallest absolute Gasteiger partial charge is 0.303 e. The van der Waals surface area contributed by atoms with Crippen LogP contribution in [-0.4, -0.2) is 32.9 Å². The maximum Gasteiger partial charge on any atom is 0.303 e. The van der Waals surface area contributed by atoms with Crippen LogP contribution in [0.4, 0.5) is 0 Å². The number of amides is 1. The van der Waals surface area contributed by atoms with E-state index in [4.69, 9.17) is 5.11 Å². The molecule has 1 aromatic heterocycles. The number of carbonyl (C=O) groups excluding carboxylic acids is 1. The van der Waals surface area contributed by atoms with Crippen LogP contribution in [0.15, 0.2) is 24.5 Å². The Labute approximate surface area is 126 Å². The zero-order valence-corrected chi connectivity index (χ0v) is 13.2. The molecule has 0 aliphatic heterocycles. The third kappa shape index (κ3) is 5.94. The van der Waals surface area contributed by atoms with Crippen LogP contribution < -0.4 is 0 Å². The summed E-state index contributed by atoms with van der Waals surface area (Å²) in [4.78, 5) is 29.2. The molecule has 0 aliphatic rings. The molecule has 1 N–H and O–H groups in total. The van der Waals surface area contributed by atoms with Crippen LogP contribution in [0.25, 0.3) is 0 Å². The van der Waals surface area contributed by atoms with E-state index >= 15 is 0 Å². The summed E-state index contributed by atoms with van der Waals surface area (Å²) in [5.74, 6) is -0.906. The Kier molecular flexibility index (Phi) is 5.88. The highest BCUT2D eigenvalue weighted by Crippen LogP contribution is 2.27. The fourth-order valence-electron chi connectivity index (χ4n) is 2.23. The van der Waals surface area contributed by atoms with Gasteiger partial charge in [0.15, 0.2) is 0 Å². The average Bonchev–Trinajstić information content (AvgIpc) is 2.34. The van der Waals surface area contributed by atoms with Crippen molar-refractivity contribution in [2.75, 3.05) is 0 Å². The van der Waals surface area contributed by atoms with Crippen LogP contribution in [0.1, 0.15) is 46.1 Å². The van der Waals surface area contributed by atoms with Gasteiger partial charge in [-0.15, -0.1) is 0 Å². The first-order valence-electron chi connectivity index (χ1n) is 7.11. The van der Waals surface area contributed by atoms with E-state index in [0.29, 0.717) is 6.54 Å². The number of carboxylic acids is 1. The van der Waals surface area contributed by atoms with Gasteiger partial charge in [-0.1, -0.05) is 19.9 Å². The normalized spacial score (nSPS) is 11.5. The number of carboxylic acid groups (broad SMARTS) is 1. The molecule has 5 nitrogen and oxygen atoms in total. The van der Waals surface area contributed by atoms with Crippen molar-refractivity contribution in [3.05, 3.63) is 30.1 Å². The van der Waals surface area contributed by atoms with Gasteiger partial charge in [0.1, 0.15) is 0 Å². The minimum Gasteiger partial charge on any atom is -0.481 e. The summed E-state index contributed by atoms with van der Waals surface area (Å²) in [6, 6.07) is 3.82. The lowest BCUT2D eigenvalue weighted by atomic mass is 9.85. The first-order valence-corrected chi connectivity index (χ1v) is 7.11. The van der Waals surface area contributed by atoms with E-state index in [2.05, 4.69) is 4.98 Å². The lowest BCUT2D eigenvalue weighted by molar-refractivity contribution is -0.141. The van der Waals surface area contributed by atoms with Gasteiger partial charge in [-0.05, 0) is 30.9 Å². The molecule has 1 heterocycles. The van der Waals surface area contributed by atoms with Crippen LogP contribution in [0.3, 0.4) is 0 Å². The Balaban J connectivity index is 2.77. The fourth-order valence-corrected chi connectivity index (χ4v) is 2.23. The summed E-state index contributed by atoms with van der Waals surface area (Å²) < 4.78 is 0. The van der Waals surface area contributed by atoms with Gasteiger partial charge in [0, 0.05) is 31.4 Å². The summed E-state index contributed by atoms with van der Waals surface area (Å²) in [5.41, 5.74) is 0.418. The number of aliphatic carboxylic acids is 1. The molecule has 21 heavy (non-hydrogen) atoms. The molecule has 0 bridgehead atoms. The topological polar surface area (TPSA) is 70.5 Å². The van der Waals surface area contributed by atoms with Gasteiger partial charge in [-0.3, -0.25) is 14.6 Å². The van der Waals surface area contributed by atoms with Crippen molar-refractivity contribution in [3.63, 3.8) is 0 Å². The second-order valence-corrected chi connectivity index (χ2v) is 6.39. The molecule has 5 heteroatoms. The minimum atomic E-state index is -0.879. The van der Waals surface area contributed by atoms with E-state index in [1.54, 1.807) is 17.3 Å². The molecule has 0 spiro atoms. The van der Waals surface area contributed by atoms with Crippen molar-refractivity contribution in [2.45, 2.75) is 53.1 Å². The first kappa shape index (κ1) is 17.1. The van der Waals surface area contributed by atoms with Crippen LogP contribution in [0.5, 0.6) is 0 Å². The Morgan fingerprint density at radius 2 is 2.00 bits per heavy atom. The van der Waals surface area contributed by atoms with Gasteiger partial charge in [0.2, 0.25) is 5.91 Å². The van der Waals surface area contributed by atoms with E-state index in [1.165, 1.54) is 0 Å². The highest BCUT2D eigenvalue weighted by molar-refractivity contribution is 5.78. The zero-order valence-electron chi connectivity index (χ0n) is 13.2. The van der Waals surface area contributed by atoms with Crippen LogP contribution >= 0.6 is 0 Å². The second-order valence-electron chi connectivity index (χ2n) is 6.39. The van der Waals surface area contributed by atoms with Crippen molar-refractivity contribution in [1.82, 2.24) is 9.88 Å². The van der Waals surface area contributed by atoms with Crippen molar-refractivity contribution in [2.24, 2.45) is 5.41 Å². The third-order valence-corrected chi connectivity index (χ3v) is 3.28. The SMILES string of the molecule is CC(C)N(Cc1cccnc1)C(=O)CC(C)(C)CC(=O)O. The molecule has 0 aliphatic carbocycles. The maximum atomic E-state index is 12.5. The predicted molar refractivity (Wildman–Crippen MR) is 80.6 cm³/mol. The predicted octanol–water partition coefficient (Wildman–Crippen LogP) is 2.71. The summed E-state index contributed by atoms with van der Waals surface area (Å²) >= 11 is 0. The number of rotatable bonds is 7. The molecule has 0 saturated carbocycles. The lowest BCUT2D eigenvalue weighted by Crippen LogP contribution is -2.39. The van der Waals surface area contributed by atoms with Crippen molar-refractivity contribution >= 4 is 11.9 Å². The molecule has 116 valence electrons. The summed E-state index contributed by atoms with van der Waals surface area (Å²) in [7, 11) is 0. The first-order chi connectivity index (χ1) is 9.71. The summed E-state index contributed by atoms with van der Waals surface area (Å²) in [6.45, 7) is 8.02. The highest BCUT2D eigenvalue weighted by atomic mass is 16.4. The monoisotopic (exact) mass is 292 g/mol. The number of aromatic nitrogens is 1. The number of nitrogens with zero attached hydrogens (tertiary/aromatic N) is 2. The molecule has 0 saturated heterocycles. The molecular weight excluding hydrogens is 268 g/mol. The Morgan fingerprint density at radius 3 is 2.48 bits per heavy atom. The number of hydrogen-bond acceptors (Lipinski definition) is 3. The molecule has 0 aromatic carbocycles. The van der Waals surface area contributed by atoms with Gasteiger partial charge in [0.05, 0.1) is 6.42 Å². The van der Waals surface area contributed by atoms with E-state index in [-0.39, 0.29) is 24.8 Å². The molecule has 0 radical (unpaired) electrons. The number of hydrogen-bond donors (Lipinski definition) is 1. The number of pyridine rings is 1. The Morgan fingerprint density at radius 1 is 1.33 bits per heavy atom. The third-order valence-electron chi connectivity index (χ3n) is 3.28. The van der Waals surface area contributed by atoms with Gasteiger partial charge in [-0.25, -0.2) is 0 Å². The second kappa shape index (κ2) is 7.20. The van der Waals surface area contributed by atoms with E-state index in [0.717, 1.165) is 5.56 Å². The largest absolute Gasteiger partial charge is 0.481 e. The number of carbonyl (C=O) groups is 2. The van der Waals surface area contributed by atoms with Gasteiger partial charge in [0.25, 0.3) is 0 Å². The fraction of sp³-hybridized carbons (Fsp3) is 0.562. The Hall–Kier alpha value is -1.91. The Bertz CT molecular complexity index is 484. The molecule has 0 atom stereocenters. The average molecular weight is 292 g/mol. The van der Waals surface area contributed by atoms with Crippen molar-refractivity contribution in [3.8, 4) is 0 Å². The van der Waals surface area contributed by atoms with Gasteiger partial charge in [-0.2, -0.15) is 0 Å². The molecule has 0 unspecified atom stereocenters. The molecular formula is C16H24N2O3. The molecule has 1 amide bonds. The molecule has 0 fully saturated rings. The van der Waals surface area contributed by atoms with Crippen molar-refractivity contribution in [1.29, 1.82) is 0 Å². The minimum absolute atomic E-state index is 0.0163. The lowest BCUT2D eigenvalue weighted by Gasteiger charge is -2.31. The van der Waals surface area contributed by atoms with E-state index < -0.39 is 11.4 Å². The van der Waals surface area contributed by atoms with E-state index in [1.807, 2.05) is 39.8 Å². The van der Waals surface area contributed by atoms with E-state index in [9.17, 15) is 9.59 Å². The van der Waals surface area contributed by atoms with Crippen LogP contribution in [0, 0.1) is 5.41 Å². The molecule has 1 aromatic rings. The maximum absolute atomic E-state index is 12.5. The standard InChI is InChI=1S/C16H24N2O3/c1-12(2)18(11-13-6-5-7-17-10-13)14(19)8-16(3,4)9-15(20)21/h5-7,10,12H,8-9,11H2,1-4H3,(H,20,21). The molecule has 1 rings (SSSR count). The van der Waals surface area contributed by atoms with Crippen LogP contribution in [-0.2, 0) is 16.1 Å². The zero-order chi connectivity index (χ0) is 16.0. The highest BCUT2D eigenvalue weighted by Gasteiger charge is 2.28. The van der Waals surface area contributed by atoms with Gasteiger partial charge >= 0.3 is 5.97 Å². The summed E-state index contributed by atoms with van der Waals surface area (Å²) in [6.07, 6.45) is 3.64. The van der Waals surface area contributed by atoms with Crippen LogP contribution in [0.2, 0.25) is 0 Å². The summed E-state index contributed by atoms with van der Waals surface area (Å²) in [5, 5.41) is 8.91. The van der Waals surface area contributed by atoms with Gasteiger partial charge < -0.3 is 10.0 Å².